The fraction of sp³-hybridized carbons (Fsp3) is 0.581. The molecule has 0 aromatic rings. The lowest BCUT2D eigenvalue weighted by atomic mass is 10.1. The van der Waals surface area contributed by atoms with Gasteiger partial charge in [0, 0.05) is 12.8 Å². The van der Waals surface area contributed by atoms with Gasteiger partial charge in [0.1, 0.15) is 6.61 Å². The number of rotatable bonds is 32. The third-order valence-electron chi connectivity index (χ3n) is 7.36. The van der Waals surface area contributed by atoms with Crippen molar-refractivity contribution < 1.29 is 24.2 Å². The van der Waals surface area contributed by atoms with Gasteiger partial charge >= 0.3 is 11.9 Å². The predicted octanol–water partition coefficient (Wildman–Crippen LogP) is 11.7. The van der Waals surface area contributed by atoms with Crippen LogP contribution in [0.1, 0.15) is 142 Å². The molecule has 0 aromatic carbocycles. The van der Waals surface area contributed by atoms with Crippen LogP contribution in [0.4, 0.5) is 0 Å². The summed E-state index contributed by atoms with van der Waals surface area (Å²) in [6.45, 7) is 3.90. The Morgan fingerprint density at radius 3 is 1.40 bits per heavy atom. The third kappa shape index (κ3) is 35.7. The molecule has 0 bridgehead atoms. The van der Waals surface area contributed by atoms with Crippen LogP contribution in [0.5, 0.6) is 0 Å². The maximum atomic E-state index is 12.1. The molecular weight excluding hydrogens is 596 g/mol. The summed E-state index contributed by atoms with van der Waals surface area (Å²) >= 11 is 0. The Bertz CT molecular complexity index is 979. The van der Waals surface area contributed by atoms with Crippen molar-refractivity contribution in [1.29, 1.82) is 0 Å². The topological polar surface area (TPSA) is 72.8 Å². The summed E-state index contributed by atoms with van der Waals surface area (Å²) in [7, 11) is 0. The van der Waals surface area contributed by atoms with Gasteiger partial charge in [0.15, 0.2) is 6.10 Å². The molecule has 0 aromatic heterocycles. The fourth-order valence-electron chi connectivity index (χ4n) is 4.53. The predicted molar refractivity (Wildman–Crippen MR) is 205 cm³/mol. The van der Waals surface area contributed by atoms with E-state index in [0.29, 0.717) is 12.8 Å². The first-order chi connectivity index (χ1) is 23.6. The Kier molecular flexibility index (Phi) is 35.7. The Morgan fingerprint density at radius 2 is 0.917 bits per heavy atom. The molecule has 1 unspecified atom stereocenters. The molecule has 0 aliphatic heterocycles. The van der Waals surface area contributed by atoms with E-state index in [1.807, 2.05) is 0 Å². The largest absolute Gasteiger partial charge is 0.462 e. The number of aliphatic hydroxyl groups is 1. The lowest BCUT2D eigenvalue weighted by molar-refractivity contribution is -0.161. The molecule has 0 spiro atoms. The Hall–Kier alpha value is -3.18. The van der Waals surface area contributed by atoms with Gasteiger partial charge in [-0.15, -0.1) is 0 Å². The van der Waals surface area contributed by atoms with Crippen molar-refractivity contribution in [2.45, 2.75) is 148 Å². The maximum Gasteiger partial charge on any atom is 0.306 e. The van der Waals surface area contributed by atoms with Crippen LogP contribution in [0.3, 0.4) is 0 Å². The number of hydrogen-bond donors (Lipinski definition) is 1. The zero-order valence-corrected chi connectivity index (χ0v) is 30.5. The van der Waals surface area contributed by atoms with E-state index in [4.69, 9.17) is 9.47 Å². The van der Waals surface area contributed by atoms with Gasteiger partial charge in [-0.2, -0.15) is 0 Å². The van der Waals surface area contributed by atoms with Crippen molar-refractivity contribution >= 4 is 11.9 Å². The first-order valence-corrected chi connectivity index (χ1v) is 18.8. The first kappa shape index (κ1) is 44.8. The molecule has 0 saturated heterocycles. The summed E-state index contributed by atoms with van der Waals surface area (Å²) in [6.07, 6.45) is 53.2. The molecular formula is C43H68O5. The minimum Gasteiger partial charge on any atom is -0.462 e. The van der Waals surface area contributed by atoms with Crippen LogP contribution in [0.15, 0.2) is 97.2 Å². The van der Waals surface area contributed by atoms with Crippen molar-refractivity contribution in [3.05, 3.63) is 97.2 Å². The van der Waals surface area contributed by atoms with Crippen molar-refractivity contribution in [2.75, 3.05) is 13.2 Å². The van der Waals surface area contributed by atoms with Crippen molar-refractivity contribution in [2.24, 2.45) is 0 Å². The molecule has 0 aliphatic carbocycles. The van der Waals surface area contributed by atoms with E-state index in [-0.39, 0.29) is 31.6 Å². The third-order valence-corrected chi connectivity index (χ3v) is 7.36. The zero-order valence-electron chi connectivity index (χ0n) is 30.5. The number of carbonyl (C=O) groups is 2. The SMILES string of the molecule is CCC=CCC=CCC=CCC=CCC=CCCCC(=O)OC(CO)COC(=O)CCCCCCC=CCC=CCC=CCCCCC. The van der Waals surface area contributed by atoms with Crippen molar-refractivity contribution in [1.82, 2.24) is 0 Å². The number of aliphatic hydroxyl groups excluding tert-OH is 1. The van der Waals surface area contributed by atoms with Crippen LogP contribution in [0.25, 0.3) is 0 Å². The molecule has 5 heteroatoms. The summed E-state index contributed by atoms with van der Waals surface area (Å²) in [6, 6.07) is 0. The first-order valence-electron chi connectivity index (χ1n) is 18.8. The lowest BCUT2D eigenvalue weighted by Gasteiger charge is -2.15. The zero-order chi connectivity index (χ0) is 35.0. The molecule has 1 atom stereocenters. The smallest absolute Gasteiger partial charge is 0.306 e. The molecule has 270 valence electrons. The average molecular weight is 665 g/mol. The van der Waals surface area contributed by atoms with Crippen LogP contribution in [-0.4, -0.2) is 36.4 Å². The number of unbranched alkanes of at least 4 members (excludes halogenated alkanes) is 8. The van der Waals surface area contributed by atoms with Gasteiger partial charge in [-0.25, -0.2) is 0 Å². The van der Waals surface area contributed by atoms with Crippen molar-refractivity contribution in [3.8, 4) is 0 Å². The number of esters is 2. The standard InChI is InChI=1S/C43H68O5/c1-3-5-7-9-11-13-15-17-19-21-23-25-27-29-31-33-35-37-42(45)47-40-41(39-44)48-43(46)38-36-34-32-30-28-26-24-22-20-18-16-14-12-10-8-6-4-2/h6,8,11-14,17-20,23-26,30,32,41,44H,3-5,7,9-10,15-16,21-22,27-29,31,33-40H2,1-2H3. The Labute approximate surface area is 294 Å². The number of hydrogen-bond acceptors (Lipinski definition) is 5. The average Bonchev–Trinajstić information content (AvgIpc) is 3.09. The molecule has 0 radical (unpaired) electrons. The summed E-state index contributed by atoms with van der Waals surface area (Å²) in [5.41, 5.74) is 0. The summed E-state index contributed by atoms with van der Waals surface area (Å²) in [5.74, 6) is -0.696. The van der Waals surface area contributed by atoms with Crippen LogP contribution in [-0.2, 0) is 19.1 Å². The highest BCUT2D eigenvalue weighted by molar-refractivity contribution is 5.70. The van der Waals surface area contributed by atoms with E-state index in [1.54, 1.807) is 0 Å². The van der Waals surface area contributed by atoms with Crippen LogP contribution < -0.4 is 0 Å². The van der Waals surface area contributed by atoms with E-state index < -0.39 is 6.10 Å². The van der Waals surface area contributed by atoms with E-state index in [2.05, 4.69) is 111 Å². The molecule has 0 fully saturated rings. The van der Waals surface area contributed by atoms with Gasteiger partial charge in [0.05, 0.1) is 6.61 Å². The van der Waals surface area contributed by atoms with Gasteiger partial charge in [-0.3, -0.25) is 9.59 Å². The monoisotopic (exact) mass is 665 g/mol. The molecule has 0 aliphatic rings. The van der Waals surface area contributed by atoms with Gasteiger partial charge in [0.25, 0.3) is 0 Å². The van der Waals surface area contributed by atoms with Gasteiger partial charge in [-0.1, -0.05) is 137 Å². The summed E-state index contributed by atoms with van der Waals surface area (Å²) in [5, 5.41) is 9.53. The maximum absolute atomic E-state index is 12.1. The molecule has 1 N–H and O–H groups in total. The Balaban J connectivity index is 3.76. The summed E-state index contributed by atoms with van der Waals surface area (Å²) in [4.78, 5) is 24.2. The molecule has 0 amide bonds. The van der Waals surface area contributed by atoms with Crippen LogP contribution in [0, 0.1) is 0 Å². The Morgan fingerprint density at radius 1 is 0.500 bits per heavy atom. The molecule has 48 heavy (non-hydrogen) atoms. The number of allylic oxidation sites excluding steroid dienone is 16. The van der Waals surface area contributed by atoms with E-state index in [9.17, 15) is 14.7 Å². The van der Waals surface area contributed by atoms with Crippen molar-refractivity contribution in [3.63, 3.8) is 0 Å². The van der Waals surface area contributed by atoms with Gasteiger partial charge < -0.3 is 14.6 Å². The quantitative estimate of drug-likeness (QED) is 0.0440. The molecule has 0 rings (SSSR count). The minimum atomic E-state index is -0.816. The molecule has 0 saturated carbocycles. The van der Waals surface area contributed by atoms with E-state index >= 15 is 0 Å². The summed E-state index contributed by atoms with van der Waals surface area (Å²) < 4.78 is 10.5. The number of carbonyl (C=O) groups excluding carboxylic acids is 2. The second kappa shape index (κ2) is 38.3. The highest BCUT2D eigenvalue weighted by atomic mass is 16.6. The van der Waals surface area contributed by atoms with Gasteiger partial charge in [-0.05, 0) is 89.9 Å². The van der Waals surface area contributed by atoms with Gasteiger partial charge in [0.2, 0.25) is 0 Å². The number of ether oxygens (including phenoxy) is 2. The fourth-order valence-corrected chi connectivity index (χ4v) is 4.53. The second-order valence-electron chi connectivity index (χ2n) is 11.9. The molecule has 0 heterocycles. The van der Waals surface area contributed by atoms with Crippen LogP contribution >= 0.6 is 0 Å². The highest BCUT2D eigenvalue weighted by Gasteiger charge is 2.15. The lowest BCUT2D eigenvalue weighted by Crippen LogP contribution is -2.28. The van der Waals surface area contributed by atoms with Crippen LogP contribution in [0.2, 0.25) is 0 Å². The highest BCUT2D eigenvalue weighted by Crippen LogP contribution is 2.09. The van der Waals surface area contributed by atoms with E-state index in [0.717, 1.165) is 83.5 Å². The molecule has 5 nitrogen and oxygen atoms in total. The van der Waals surface area contributed by atoms with E-state index in [1.165, 1.54) is 25.7 Å². The second-order valence-corrected chi connectivity index (χ2v) is 11.9. The normalized spacial score (nSPS) is 13.3. The minimum absolute atomic E-state index is 0.107.